The molecule has 2 N–H and O–H groups in total. The minimum absolute atomic E-state index is 0.111. The third-order valence-electron chi connectivity index (χ3n) is 3.87. The van der Waals surface area contributed by atoms with Crippen molar-refractivity contribution in [3.63, 3.8) is 0 Å². The first-order chi connectivity index (χ1) is 9.00. The van der Waals surface area contributed by atoms with Crippen molar-refractivity contribution < 1.29 is 4.79 Å². The molecule has 0 spiro atoms. The molecule has 1 atom stereocenters. The monoisotopic (exact) mass is 256 g/mol. The van der Waals surface area contributed by atoms with Crippen molar-refractivity contribution in [1.82, 2.24) is 4.98 Å². The molecule has 0 saturated heterocycles. The average Bonchev–Trinajstić information content (AvgIpc) is 2.45. The predicted octanol–water partition coefficient (Wildman–Crippen LogP) is 3.10. The van der Waals surface area contributed by atoms with Crippen molar-refractivity contribution in [3.05, 3.63) is 41.6 Å². The summed E-state index contributed by atoms with van der Waals surface area (Å²) in [5, 5.41) is 0.993. The van der Waals surface area contributed by atoms with E-state index in [2.05, 4.69) is 4.98 Å². The number of carbonyl (C=O) groups is 1. The molecular weight excluding hydrogens is 236 g/mol. The summed E-state index contributed by atoms with van der Waals surface area (Å²) in [5.74, 6) is 0.111. The number of hydrogen-bond donors (Lipinski definition) is 1. The van der Waals surface area contributed by atoms with Gasteiger partial charge in [-0.1, -0.05) is 19.9 Å². The second-order valence-electron chi connectivity index (χ2n) is 5.31. The molecule has 0 amide bonds. The van der Waals surface area contributed by atoms with Crippen LogP contribution < -0.4 is 5.73 Å². The number of nitrogens with zero attached hydrogens (tertiary/aromatic N) is 1. The van der Waals surface area contributed by atoms with Crippen LogP contribution in [-0.2, 0) is 0 Å². The van der Waals surface area contributed by atoms with Crippen LogP contribution in [0.25, 0.3) is 10.9 Å². The van der Waals surface area contributed by atoms with Crippen molar-refractivity contribution >= 4 is 16.7 Å². The van der Waals surface area contributed by atoms with Gasteiger partial charge in [-0.25, -0.2) is 0 Å². The molecule has 0 aliphatic carbocycles. The van der Waals surface area contributed by atoms with Gasteiger partial charge in [-0.2, -0.15) is 0 Å². The lowest BCUT2D eigenvalue weighted by Crippen LogP contribution is -2.35. The normalized spacial score (nSPS) is 14.3. The standard InChI is InChI=1S/C16H20N2O/c1-4-16(3,10-17)15(19)13-7-8-14-12(9-13)6-5-11(2)18-14/h5-9H,4,10,17H2,1-3H3. The van der Waals surface area contributed by atoms with Gasteiger partial charge in [0.15, 0.2) is 5.78 Å². The molecular formula is C16H20N2O. The van der Waals surface area contributed by atoms with Crippen molar-refractivity contribution in [2.45, 2.75) is 27.2 Å². The van der Waals surface area contributed by atoms with E-state index >= 15 is 0 Å². The highest BCUT2D eigenvalue weighted by Crippen LogP contribution is 2.26. The molecule has 3 nitrogen and oxygen atoms in total. The Kier molecular flexibility index (Phi) is 3.67. The highest BCUT2D eigenvalue weighted by Gasteiger charge is 2.30. The number of rotatable bonds is 4. The highest BCUT2D eigenvalue weighted by molar-refractivity contribution is 6.03. The Morgan fingerprint density at radius 3 is 2.68 bits per heavy atom. The number of fused-ring (bicyclic) bond motifs is 1. The van der Waals surface area contributed by atoms with Crippen molar-refractivity contribution in [3.8, 4) is 0 Å². The first-order valence-electron chi connectivity index (χ1n) is 6.62. The van der Waals surface area contributed by atoms with Crippen LogP contribution in [-0.4, -0.2) is 17.3 Å². The van der Waals surface area contributed by atoms with E-state index in [1.165, 1.54) is 0 Å². The molecule has 0 radical (unpaired) electrons. The van der Waals surface area contributed by atoms with Crippen molar-refractivity contribution in [2.24, 2.45) is 11.1 Å². The molecule has 3 heteroatoms. The second kappa shape index (κ2) is 5.10. The first kappa shape index (κ1) is 13.7. The Bertz CT molecular complexity index is 615. The van der Waals surface area contributed by atoms with Crippen molar-refractivity contribution in [2.75, 3.05) is 6.54 Å². The SMILES string of the molecule is CCC(C)(CN)C(=O)c1ccc2nc(C)ccc2c1. The van der Waals surface area contributed by atoms with E-state index in [9.17, 15) is 4.79 Å². The molecule has 1 aromatic heterocycles. The Morgan fingerprint density at radius 2 is 2.05 bits per heavy atom. The summed E-state index contributed by atoms with van der Waals surface area (Å²) in [6.45, 7) is 6.25. The number of benzene rings is 1. The second-order valence-corrected chi connectivity index (χ2v) is 5.31. The molecule has 1 unspecified atom stereocenters. The maximum atomic E-state index is 12.5. The van der Waals surface area contributed by atoms with Gasteiger partial charge in [0.05, 0.1) is 5.52 Å². The van der Waals surface area contributed by atoms with Gasteiger partial charge in [0.1, 0.15) is 0 Å². The lowest BCUT2D eigenvalue weighted by Gasteiger charge is -2.24. The Labute approximate surface area is 113 Å². The van der Waals surface area contributed by atoms with Crippen LogP contribution in [0.4, 0.5) is 0 Å². The Balaban J connectivity index is 2.46. The van der Waals surface area contributed by atoms with E-state index in [-0.39, 0.29) is 5.78 Å². The molecule has 2 rings (SSSR count). The number of nitrogens with two attached hydrogens (primary N) is 1. The summed E-state index contributed by atoms with van der Waals surface area (Å²) in [6.07, 6.45) is 0.743. The number of aryl methyl sites for hydroxylation is 1. The summed E-state index contributed by atoms with van der Waals surface area (Å²) in [7, 11) is 0. The maximum Gasteiger partial charge on any atom is 0.169 e. The summed E-state index contributed by atoms with van der Waals surface area (Å²) in [4.78, 5) is 17.0. The van der Waals surface area contributed by atoms with E-state index in [0.29, 0.717) is 12.1 Å². The van der Waals surface area contributed by atoms with Crippen molar-refractivity contribution in [1.29, 1.82) is 0 Å². The summed E-state index contributed by atoms with van der Waals surface area (Å²) in [5.41, 5.74) is 7.89. The first-order valence-corrected chi connectivity index (χ1v) is 6.62. The van der Waals surface area contributed by atoms with Gasteiger partial charge in [0.25, 0.3) is 0 Å². The van der Waals surface area contributed by atoms with Gasteiger partial charge in [-0.05, 0) is 37.6 Å². The molecule has 0 fully saturated rings. The minimum Gasteiger partial charge on any atom is -0.329 e. The van der Waals surface area contributed by atoms with Crippen LogP contribution in [0.1, 0.15) is 36.3 Å². The van der Waals surface area contributed by atoms with E-state index < -0.39 is 5.41 Å². The highest BCUT2D eigenvalue weighted by atomic mass is 16.1. The molecule has 1 heterocycles. The third-order valence-corrected chi connectivity index (χ3v) is 3.87. The van der Waals surface area contributed by atoms with E-state index in [0.717, 1.165) is 23.0 Å². The van der Waals surface area contributed by atoms with Crippen LogP contribution in [0, 0.1) is 12.3 Å². The van der Waals surface area contributed by atoms with Crippen LogP contribution in [0.2, 0.25) is 0 Å². The van der Waals surface area contributed by atoms with Gasteiger partial charge >= 0.3 is 0 Å². The van der Waals surface area contributed by atoms with Crippen LogP contribution >= 0.6 is 0 Å². The fourth-order valence-electron chi connectivity index (χ4n) is 2.11. The molecule has 19 heavy (non-hydrogen) atoms. The molecule has 0 saturated carbocycles. The number of carbonyl (C=O) groups excluding carboxylic acids is 1. The zero-order chi connectivity index (χ0) is 14.0. The quantitative estimate of drug-likeness (QED) is 0.855. The van der Waals surface area contributed by atoms with Gasteiger partial charge in [0, 0.05) is 28.6 Å². The average molecular weight is 256 g/mol. The number of Topliss-reactive ketones (excluding diaryl/α,β-unsaturated/α-hetero) is 1. The lowest BCUT2D eigenvalue weighted by molar-refractivity contribution is 0.0820. The molecule has 1 aromatic carbocycles. The van der Waals surface area contributed by atoms with E-state index in [1.54, 1.807) is 0 Å². The van der Waals surface area contributed by atoms with E-state index in [4.69, 9.17) is 5.73 Å². The van der Waals surface area contributed by atoms with Crippen LogP contribution in [0.5, 0.6) is 0 Å². The lowest BCUT2D eigenvalue weighted by atomic mass is 9.80. The third kappa shape index (κ3) is 2.51. The number of aromatic nitrogens is 1. The fraction of sp³-hybridized carbons (Fsp3) is 0.375. The molecule has 0 bridgehead atoms. The zero-order valence-corrected chi connectivity index (χ0v) is 11.7. The molecule has 0 aliphatic heterocycles. The summed E-state index contributed by atoms with van der Waals surface area (Å²) in [6, 6.07) is 9.62. The van der Waals surface area contributed by atoms with Crippen LogP contribution in [0.15, 0.2) is 30.3 Å². The van der Waals surface area contributed by atoms with Crippen LogP contribution in [0.3, 0.4) is 0 Å². The molecule has 0 aliphatic rings. The maximum absolute atomic E-state index is 12.5. The largest absolute Gasteiger partial charge is 0.329 e. The smallest absolute Gasteiger partial charge is 0.169 e. The molecule has 2 aromatic rings. The van der Waals surface area contributed by atoms with Gasteiger partial charge in [-0.3, -0.25) is 9.78 Å². The number of pyridine rings is 1. The fourth-order valence-corrected chi connectivity index (χ4v) is 2.11. The van der Waals surface area contributed by atoms with E-state index in [1.807, 2.05) is 51.1 Å². The Morgan fingerprint density at radius 1 is 1.32 bits per heavy atom. The molecule has 100 valence electrons. The Hall–Kier alpha value is -1.74. The minimum atomic E-state index is -0.480. The summed E-state index contributed by atoms with van der Waals surface area (Å²) < 4.78 is 0. The van der Waals surface area contributed by atoms with Gasteiger partial charge in [0.2, 0.25) is 0 Å². The predicted molar refractivity (Wildman–Crippen MR) is 78.3 cm³/mol. The zero-order valence-electron chi connectivity index (χ0n) is 11.7. The van der Waals surface area contributed by atoms with Gasteiger partial charge in [-0.15, -0.1) is 0 Å². The topological polar surface area (TPSA) is 56.0 Å². The summed E-state index contributed by atoms with van der Waals surface area (Å²) >= 11 is 0. The number of hydrogen-bond acceptors (Lipinski definition) is 3. The number of ketones is 1. The van der Waals surface area contributed by atoms with Gasteiger partial charge < -0.3 is 5.73 Å².